The Balaban J connectivity index is 2.87. The van der Waals surface area contributed by atoms with Crippen molar-refractivity contribution in [1.82, 2.24) is 4.98 Å². The number of nitrogens with one attached hydrogen (secondary N) is 1. The van der Waals surface area contributed by atoms with Crippen LogP contribution in [-0.4, -0.2) is 12.0 Å². The molecule has 0 aliphatic carbocycles. The van der Waals surface area contributed by atoms with Gasteiger partial charge in [-0.3, -0.25) is 0 Å². The minimum atomic E-state index is 0.496. The quantitative estimate of drug-likeness (QED) is 0.627. The van der Waals surface area contributed by atoms with Crippen LogP contribution in [0.4, 0.5) is 5.82 Å². The molecule has 0 unspecified atom stereocenters. The Kier molecular flexibility index (Phi) is 2.23. The van der Waals surface area contributed by atoms with Gasteiger partial charge in [0.2, 0.25) is 0 Å². The van der Waals surface area contributed by atoms with E-state index in [0.29, 0.717) is 6.54 Å². The van der Waals surface area contributed by atoms with Gasteiger partial charge in [0.25, 0.3) is 0 Å². The van der Waals surface area contributed by atoms with E-state index in [1.54, 1.807) is 0 Å². The van der Waals surface area contributed by atoms with Crippen molar-refractivity contribution >= 4 is 5.82 Å². The molecule has 3 nitrogen and oxygen atoms in total. The standard InChI is InChI=1S/C7H11N3/c1-9-7-4-2-3-6(5-8)10-7/h2-4H,5,8H2,1H3,(H,9,10). The first-order valence-corrected chi connectivity index (χ1v) is 3.20. The van der Waals surface area contributed by atoms with Crippen LogP contribution in [0.25, 0.3) is 0 Å². The van der Waals surface area contributed by atoms with Gasteiger partial charge in [-0.15, -0.1) is 0 Å². The van der Waals surface area contributed by atoms with Gasteiger partial charge in [0.05, 0.1) is 5.69 Å². The van der Waals surface area contributed by atoms with Crippen LogP contribution < -0.4 is 11.1 Å². The zero-order valence-electron chi connectivity index (χ0n) is 5.96. The van der Waals surface area contributed by atoms with Crippen LogP contribution in [0, 0.1) is 0 Å². The Morgan fingerprint density at radius 3 is 3.00 bits per heavy atom. The maximum absolute atomic E-state index is 5.38. The highest BCUT2D eigenvalue weighted by molar-refractivity contribution is 5.34. The molecule has 10 heavy (non-hydrogen) atoms. The Morgan fingerprint density at radius 2 is 2.40 bits per heavy atom. The van der Waals surface area contributed by atoms with E-state index in [9.17, 15) is 0 Å². The van der Waals surface area contributed by atoms with Crippen LogP contribution in [0.3, 0.4) is 0 Å². The van der Waals surface area contributed by atoms with Crippen LogP contribution >= 0.6 is 0 Å². The number of rotatable bonds is 2. The average molecular weight is 137 g/mol. The molecule has 0 amide bonds. The van der Waals surface area contributed by atoms with E-state index in [2.05, 4.69) is 10.3 Å². The summed E-state index contributed by atoms with van der Waals surface area (Å²) in [4.78, 5) is 4.17. The van der Waals surface area contributed by atoms with E-state index in [1.807, 2.05) is 25.2 Å². The van der Waals surface area contributed by atoms with Gasteiger partial charge in [0.1, 0.15) is 5.82 Å². The lowest BCUT2D eigenvalue weighted by atomic mass is 10.3. The molecule has 0 aromatic carbocycles. The van der Waals surface area contributed by atoms with Gasteiger partial charge in [0, 0.05) is 13.6 Å². The third-order valence-corrected chi connectivity index (χ3v) is 1.27. The fraction of sp³-hybridized carbons (Fsp3) is 0.286. The third kappa shape index (κ3) is 1.45. The molecular weight excluding hydrogens is 126 g/mol. The third-order valence-electron chi connectivity index (χ3n) is 1.27. The molecule has 0 spiro atoms. The van der Waals surface area contributed by atoms with E-state index >= 15 is 0 Å². The Hall–Kier alpha value is -1.09. The summed E-state index contributed by atoms with van der Waals surface area (Å²) in [6.45, 7) is 0.496. The van der Waals surface area contributed by atoms with Gasteiger partial charge in [-0.1, -0.05) is 6.07 Å². The summed E-state index contributed by atoms with van der Waals surface area (Å²) in [5, 5.41) is 2.94. The van der Waals surface area contributed by atoms with Gasteiger partial charge in [-0.05, 0) is 12.1 Å². The molecule has 0 aliphatic rings. The predicted molar refractivity (Wildman–Crippen MR) is 41.7 cm³/mol. The lowest BCUT2D eigenvalue weighted by molar-refractivity contribution is 0.991. The topological polar surface area (TPSA) is 50.9 Å². The summed E-state index contributed by atoms with van der Waals surface area (Å²) < 4.78 is 0. The number of aromatic nitrogens is 1. The zero-order chi connectivity index (χ0) is 7.40. The normalized spacial score (nSPS) is 9.40. The van der Waals surface area contributed by atoms with Crippen molar-refractivity contribution in [2.75, 3.05) is 12.4 Å². The van der Waals surface area contributed by atoms with Gasteiger partial charge >= 0.3 is 0 Å². The van der Waals surface area contributed by atoms with Crippen molar-refractivity contribution in [3.63, 3.8) is 0 Å². The molecule has 0 atom stereocenters. The molecule has 0 saturated carbocycles. The molecule has 0 fully saturated rings. The largest absolute Gasteiger partial charge is 0.373 e. The second-order valence-corrected chi connectivity index (χ2v) is 1.97. The fourth-order valence-corrected chi connectivity index (χ4v) is 0.733. The van der Waals surface area contributed by atoms with Gasteiger partial charge in [-0.25, -0.2) is 4.98 Å². The minimum absolute atomic E-state index is 0.496. The number of nitrogens with zero attached hydrogens (tertiary/aromatic N) is 1. The Labute approximate surface area is 60.3 Å². The highest BCUT2D eigenvalue weighted by atomic mass is 15.0. The molecule has 1 heterocycles. The molecule has 0 saturated heterocycles. The molecule has 3 N–H and O–H groups in total. The molecule has 0 aliphatic heterocycles. The highest BCUT2D eigenvalue weighted by Gasteiger charge is 1.90. The smallest absolute Gasteiger partial charge is 0.126 e. The van der Waals surface area contributed by atoms with Crippen molar-refractivity contribution in [2.45, 2.75) is 6.54 Å². The minimum Gasteiger partial charge on any atom is -0.373 e. The first kappa shape index (κ1) is 7.02. The second kappa shape index (κ2) is 3.17. The predicted octanol–water partition coefficient (Wildman–Crippen LogP) is 0.582. The van der Waals surface area contributed by atoms with E-state index < -0.39 is 0 Å². The monoisotopic (exact) mass is 137 g/mol. The van der Waals surface area contributed by atoms with Gasteiger partial charge in [-0.2, -0.15) is 0 Å². The fourth-order valence-electron chi connectivity index (χ4n) is 0.733. The van der Waals surface area contributed by atoms with Crippen LogP contribution in [0.1, 0.15) is 5.69 Å². The van der Waals surface area contributed by atoms with Crippen molar-refractivity contribution in [3.05, 3.63) is 23.9 Å². The number of nitrogens with two attached hydrogens (primary N) is 1. The number of hydrogen-bond donors (Lipinski definition) is 2. The Bertz CT molecular complexity index is 191. The number of anilines is 1. The van der Waals surface area contributed by atoms with Gasteiger partial charge < -0.3 is 11.1 Å². The lowest BCUT2D eigenvalue weighted by Crippen LogP contribution is -2.01. The molecule has 1 aromatic heterocycles. The van der Waals surface area contributed by atoms with E-state index in [4.69, 9.17) is 5.73 Å². The number of hydrogen-bond acceptors (Lipinski definition) is 3. The van der Waals surface area contributed by atoms with Gasteiger partial charge in [0.15, 0.2) is 0 Å². The first-order valence-electron chi connectivity index (χ1n) is 3.20. The first-order chi connectivity index (χ1) is 4.86. The Morgan fingerprint density at radius 1 is 1.60 bits per heavy atom. The summed E-state index contributed by atoms with van der Waals surface area (Å²) >= 11 is 0. The number of pyridine rings is 1. The van der Waals surface area contributed by atoms with Crippen molar-refractivity contribution in [3.8, 4) is 0 Å². The molecular formula is C7H11N3. The zero-order valence-corrected chi connectivity index (χ0v) is 5.96. The molecule has 3 heteroatoms. The van der Waals surface area contributed by atoms with E-state index in [1.165, 1.54) is 0 Å². The molecule has 0 bridgehead atoms. The molecule has 1 aromatic rings. The summed E-state index contributed by atoms with van der Waals surface area (Å²) in [6, 6.07) is 5.74. The maximum Gasteiger partial charge on any atom is 0.126 e. The van der Waals surface area contributed by atoms with Crippen LogP contribution in [0.5, 0.6) is 0 Å². The van der Waals surface area contributed by atoms with Crippen molar-refractivity contribution in [1.29, 1.82) is 0 Å². The maximum atomic E-state index is 5.38. The summed E-state index contributed by atoms with van der Waals surface area (Å²) in [6.07, 6.45) is 0. The van der Waals surface area contributed by atoms with Crippen LogP contribution in [0.2, 0.25) is 0 Å². The summed E-state index contributed by atoms with van der Waals surface area (Å²) in [5.74, 6) is 0.864. The molecule has 0 radical (unpaired) electrons. The molecule has 1 rings (SSSR count). The second-order valence-electron chi connectivity index (χ2n) is 1.97. The SMILES string of the molecule is CNc1cccc(CN)n1. The summed E-state index contributed by atoms with van der Waals surface area (Å²) in [5.41, 5.74) is 6.29. The lowest BCUT2D eigenvalue weighted by Gasteiger charge is -1.99. The highest BCUT2D eigenvalue weighted by Crippen LogP contribution is 2.01. The van der Waals surface area contributed by atoms with E-state index in [-0.39, 0.29) is 0 Å². The van der Waals surface area contributed by atoms with Crippen molar-refractivity contribution < 1.29 is 0 Å². The average Bonchev–Trinajstić information content (AvgIpc) is 2.05. The van der Waals surface area contributed by atoms with Crippen LogP contribution in [-0.2, 0) is 6.54 Å². The molecule has 54 valence electrons. The van der Waals surface area contributed by atoms with Crippen LogP contribution in [0.15, 0.2) is 18.2 Å². The van der Waals surface area contributed by atoms with E-state index in [0.717, 1.165) is 11.5 Å². The summed E-state index contributed by atoms with van der Waals surface area (Å²) in [7, 11) is 1.84. The van der Waals surface area contributed by atoms with Crippen molar-refractivity contribution in [2.24, 2.45) is 5.73 Å².